The Morgan fingerprint density at radius 1 is 1.10 bits per heavy atom. The molecule has 0 saturated carbocycles. The summed E-state index contributed by atoms with van der Waals surface area (Å²) in [5, 5.41) is 9.56. The zero-order chi connectivity index (χ0) is 20.9. The highest BCUT2D eigenvalue weighted by Gasteiger charge is 2.13. The minimum atomic E-state index is -3.31. The first-order chi connectivity index (χ1) is 13.8. The number of rotatable bonds is 7. The van der Waals surface area contributed by atoms with Gasteiger partial charge < -0.3 is 10.6 Å². The lowest BCUT2D eigenvalue weighted by Crippen LogP contribution is -2.33. The third kappa shape index (κ3) is 5.89. The lowest BCUT2D eigenvalue weighted by molar-refractivity contribution is 0.252. The third-order valence-corrected chi connectivity index (χ3v) is 5.76. The average Bonchev–Trinajstić information content (AvgIpc) is 3.01. The maximum absolute atomic E-state index is 12.2. The van der Waals surface area contributed by atoms with Crippen LogP contribution in [0.1, 0.15) is 17.0 Å². The number of hydrogen-bond acceptors (Lipinski definition) is 5. The van der Waals surface area contributed by atoms with Crippen molar-refractivity contribution >= 4 is 21.6 Å². The van der Waals surface area contributed by atoms with Crippen molar-refractivity contribution in [2.75, 3.05) is 17.6 Å². The van der Waals surface area contributed by atoms with Gasteiger partial charge in [-0.05, 0) is 37.6 Å². The fraction of sp³-hybridized carbons (Fsp3) is 0.250. The standard InChI is InChI=1S/C20H23N5O3S/c1-15-12-16(2)25(24-15)19-9-8-18(13-22-19)23-20(26)21-10-11-29(27,28)14-17-6-4-3-5-7-17/h3-9,12-13H,10-11,14H2,1-2H3,(H2,21,23,26). The van der Waals surface area contributed by atoms with Crippen LogP contribution in [0.5, 0.6) is 0 Å². The number of nitrogens with one attached hydrogen (secondary N) is 2. The van der Waals surface area contributed by atoms with Crippen LogP contribution in [0.2, 0.25) is 0 Å². The van der Waals surface area contributed by atoms with Gasteiger partial charge in [-0.2, -0.15) is 5.10 Å². The highest BCUT2D eigenvalue weighted by atomic mass is 32.2. The Balaban J connectivity index is 1.49. The zero-order valence-electron chi connectivity index (χ0n) is 16.3. The van der Waals surface area contributed by atoms with Gasteiger partial charge in [0, 0.05) is 12.2 Å². The smallest absolute Gasteiger partial charge is 0.319 e. The molecule has 0 bridgehead atoms. The first kappa shape index (κ1) is 20.5. The molecule has 152 valence electrons. The molecule has 2 N–H and O–H groups in total. The number of hydrogen-bond donors (Lipinski definition) is 2. The molecule has 2 heterocycles. The third-order valence-electron chi connectivity index (χ3n) is 4.16. The van der Waals surface area contributed by atoms with E-state index in [1.807, 2.05) is 26.0 Å². The molecule has 0 radical (unpaired) electrons. The molecule has 0 unspecified atom stereocenters. The summed E-state index contributed by atoms with van der Waals surface area (Å²) in [4.78, 5) is 16.3. The van der Waals surface area contributed by atoms with Crippen LogP contribution in [0.3, 0.4) is 0 Å². The van der Waals surface area contributed by atoms with Gasteiger partial charge >= 0.3 is 6.03 Å². The number of sulfone groups is 1. The molecule has 0 fully saturated rings. The van der Waals surface area contributed by atoms with E-state index in [1.165, 1.54) is 6.20 Å². The van der Waals surface area contributed by atoms with Gasteiger partial charge in [-0.25, -0.2) is 22.9 Å². The molecular weight excluding hydrogens is 390 g/mol. The summed E-state index contributed by atoms with van der Waals surface area (Å²) in [5.41, 5.74) is 3.09. The van der Waals surface area contributed by atoms with Crippen molar-refractivity contribution in [1.29, 1.82) is 0 Å². The Kier molecular flexibility index (Phi) is 6.28. The van der Waals surface area contributed by atoms with E-state index in [1.54, 1.807) is 41.1 Å². The van der Waals surface area contributed by atoms with Crippen molar-refractivity contribution in [3.05, 3.63) is 71.7 Å². The fourth-order valence-electron chi connectivity index (χ4n) is 2.84. The summed E-state index contributed by atoms with van der Waals surface area (Å²) in [6, 6.07) is 13.9. The van der Waals surface area contributed by atoms with Crippen molar-refractivity contribution < 1.29 is 13.2 Å². The Bertz CT molecular complexity index is 1080. The number of urea groups is 1. The van der Waals surface area contributed by atoms with Gasteiger partial charge in [-0.1, -0.05) is 30.3 Å². The molecule has 1 aromatic carbocycles. The largest absolute Gasteiger partial charge is 0.337 e. The van der Waals surface area contributed by atoms with E-state index in [9.17, 15) is 13.2 Å². The molecule has 3 aromatic rings. The quantitative estimate of drug-likeness (QED) is 0.619. The van der Waals surface area contributed by atoms with Gasteiger partial charge in [0.05, 0.1) is 29.1 Å². The second kappa shape index (κ2) is 8.87. The predicted octanol–water partition coefficient (Wildman–Crippen LogP) is 2.62. The topological polar surface area (TPSA) is 106 Å². The monoisotopic (exact) mass is 413 g/mol. The van der Waals surface area contributed by atoms with Crippen molar-refractivity contribution in [2.24, 2.45) is 0 Å². The SMILES string of the molecule is Cc1cc(C)n(-c2ccc(NC(=O)NCCS(=O)(=O)Cc3ccccc3)cn2)n1. The summed E-state index contributed by atoms with van der Waals surface area (Å²) >= 11 is 0. The maximum Gasteiger partial charge on any atom is 0.319 e. The molecule has 9 heteroatoms. The highest BCUT2D eigenvalue weighted by molar-refractivity contribution is 7.90. The number of aromatic nitrogens is 3. The summed E-state index contributed by atoms with van der Waals surface area (Å²) in [7, 11) is -3.31. The molecule has 2 aromatic heterocycles. The molecule has 0 aliphatic heterocycles. The molecule has 0 saturated heterocycles. The molecule has 3 rings (SSSR count). The number of carbonyl (C=O) groups excluding carboxylic acids is 1. The summed E-state index contributed by atoms with van der Waals surface area (Å²) in [6.45, 7) is 3.87. The van der Waals surface area contributed by atoms with E-state index < -0.39 is 15.9 Å². The molecule has 0 aliphatic rings. The summed E-state index contributed by atoms with van der Waals surface area (Å²) in [5.74, 6) is 0.466. The Morgan fingerprint density at radius 2 is 1.86 bits per heavy atom. The Morgan fingerprint density at radius 3 is 2.48 bits per heavy atom. The van der Waals surface area contributed by atoms with Gasteiger partial charge in [0.25, 0.3) is 0 Å². The van der Waals surface area contributed by atoms with Crippen LogP contribution in [0, 0.1) is 13.8 Å². The number of carbonyl (C=O) groups is 1. The van der Waals surface area contributed by atoms with E-state index in [4.69, 9.17) is 0 Å². The van der Waals surface area contributed by atoms with Crippen LogP contribution in [-0.4, -0.2) is 41.5 Å². The van der Waals surface area contributed by atoms with Gasteiger partial charge in [0.1, 0.15) is 0 Å². The van der Waals surface area contributed by atoms with Gasteiger partial charge in [-0.15, -0.1) is 0 Å². The van der Waals surface area contributed by atoms with E-state index >= 15 is 0 Å². The second-order valence-corrected chi connectivity index (χ2v) is 8.89. The molecular formula is C20H23N5O3S. The number of benzene rings is 1. The second-order valence-electron chi connectivity index (χ2n) is 6.70. The van der Waals surface area contributed by atoms with Crippen molar-refractivity contribution in [3.63, 3.8) is 0 Å². The van der Waals surface area contributed by atoms with E-state index in [0.29, 0.717) is 11.5 Å². The predicted molar refractivity (Wildman–Crippen MR) is 112 cm³/mol. The fourth-order valence-corrected chi connectivity index (χ4v) is 4.10. The molecule has 2 amide bonds. The van der Waals surface area contributed by atoms with Crippen LogP contribution in [-0.2, 0) is 15.6 Å². The lowest BCUT2D eigenvalue weighted by Gasteiger charge is -2.09. The maximum atomic E-state index is 12.2. The van der Waals surface area contributed by atoms with Crippen molar-refractivity contribution in [1.82, 2.24) is 20.1 Å². The number of anilines is 1. The normalized spacial score (nSPS) is 11.2. The zero-order valence-corrected chi connectivity index (χ0v) is 17.1. The van der Waals surface area contributed by atoms with Gasteiger partial charge in [-0.3, -0.25) is 0 Å². The first-order valence-corrected chi connectivity index (χ1v) is 10.9. The van der Waals surface area contributed by atoms with E-state index in [2.05, 4.69) is 20.7 Å². The minimum Gasteiger partial charge on any atom is -0.337 e. The Hall–Kier alpha value is -3.20. The first-order valence-electron chi connectivity index (χ1n) is 9.11. The number of nitrogens with zero attached hydrogens (tertiary/aromatic N) is 3. The lowest BCUT2D eigenvalue weighted by atomic mass is 10.2. The van der Waals surface area contributed by atoms with E-state index in [-0.39, 0.29) is 18.1 Å². The number of aryl methyl sites for hydroxylation is 2. The molecule has 0 atom stereocenters. The average molecular weight is 414 g/mol. The van der Waals surface area contributed by atoms with Crippen LogP contribution in [0.15, 0.2) is 54.7 Å². The molecule has 0 aliphatic carbocycles. The van der Waals surface area contributed by atoms with Crippen molar-refractivity contribution in [2.45, 2.75) is 19.6 Å². The van der Waals surface area contributed by atoms with Crippen LogP contribution < -0.4 is 10.6 Å². The highest BCUT2D eigenvalue weighted by Crippen LogP contribution is 2.12. The Labute approximate surface area is 169 Å². The number of pyridine rings is 1. The molecule has 29 heavy (non-hydrogen) atoms. The van der Waals surface area contributed by atoms with Crippen LogP contribution >= 0.6 is 0 Å². The molecule has 8 nitrogen and oxygen atoms in total. The van der Waals surface area contributed by atoms with E-state index in [0.717, 1.165) is 17.0 Å². The summed E-state index contributed by atoms with van der Waals surface area (Å²) < 4.78 is 26.0. The van der Waals surface area contributed by atoms with Crippen LogP contribution in [0.25, 0.3) is 5.82 Å². The summed E-state index contributed by atoms with van der Waals surface area (Å²) in [6.07, 6.45) is 1.53. The minimum absolute atomic E-state index is 0.0261. The van der Waals surface area contributed by atoms with Crippen LogP contribution in [0.4, 0.5) is 10.5 Å². The van der Waals surface area contributed by atoms with Gasteiger partial charge in [0.15, 0.2) is 15.7 Å². The molecule has 0 spiro atoms. The van der Waals surface area contributed by atoms with Gasteiger partial charge in [0.2, 0.25) is 0 Å². The number of amides is 2. The van der Waals surface area contributed by atoms with Crippen molar-refractivity contribution in [3.8, 4) is 5.82 Å².